The van der Waals surface area contributed by atoms with Gasteiger partial charge in [0.05, 0.1) is 10.6 Å². The normalized spacial score (nSPS) is 12.2. The summed E-state index contributed by atoms with van der Waals surface area (Å²) in [4.78, 5) is 16.2. The van der Waals surface area contributed by atoms with E-state index in [2.05, 4.69) is 10.3 Å². The number of nitrogens with one attached hydrogen (secondary N) is 1. The highest BCUT2D eigenvalue weighted by molar-refractivity contribution is 6.30. The average Bonchev–Trinajstić information content (AvgIpc) is 2.51. The Morgan fingerprint density at radius 2 is 1.88 bits per heavy atom. The van der Waals surface area contributed by atoms with Gasteiger partial charge in [-0.05, 0) is 43.7 Å². The Balaban J connectivity index is 0.00000288. The number of rotatable bonds is 6. The molecule has 0 aliphatic heterocycles. The van der Waals surface area contributed by atoms with E-state index in [1.165, 1.54) is 6.20 Å². The monoisotopic (exact) mass is 405 g/mol. The van der Waals surface area contributed by atoms with Crippen molar-refractivity contribution in [2.75, 3.05) is 5.32 Å². The minimum Gasteiger partial charge on any atom is -0.439 e. The molecule has 0 radical (unpaired) electrons. The number of carbonyl (C=O) groups is 1. The van der Waals surface area contributed by atoms with Crippen LogP contribution in [0, 0.1) is 0 Å². The number of nitrogens with zero attached hydrogens (tertiary/aromatic N) is 1. The predicted octanol–water partition coefficient (Wildman–Crippen LogP) is 4.83. The summed E-state index contributed by atoms with van der Waals surface area (Å²) in [5.41, 5.74) is 5.80. The Morgan fingerprint density at radius 1 is 1.24 bits per heavy atom. The molecule has 1 heterocycles. The molecule has 2 rings (SSSR count). The van der Waals surface area contributed by atoms with Crippen molar-refractivity contribution in [2.45, 2.75) is 32.2 Å². The highest BCUT2D eigenvalue weighted by Crippen LogP contribution is 2.23. The van der Waals surface area contributed by atoms with Crippen LogP contribution in [0.15, 0.2) is 42.6 Å². The summed E-state index contributed by atoms with van der Waals surface area (Å²) >= 11 is 5.77. The average molecular weight is 407 g/mol. The van der Waals surface area contributed by atoms with Crippen molar-refractivity contribution >= 4 is 48.0 Å². The van der Waals surface area contributed by atoms with Crippen molar-refractivity contribution in [2.24, 2.45) is 5.73 Å². The van der Waals surface area contributed by atoms with Gasteiger partial charge in [-0.3, -0.25) is 4.79 Å². The Hall–Kier alpha value is -1.53. The van der Waals surface area contributed by atoms with E-state index < -0.39 is 5.54 Å². The summed E-state index contributed by atoms with van der Waals surface area (Å²) in [5, 5.41) is 3.36. The predicted molar refractivity (Wildman–Crippen MR) is 106 cm³/mol. The summed E-state index contributed by atoms with van der Waals surface area (Å²) in [6, 6.07) is 10.4. The van der Waals surface area contributed by atoms with E-state index in [4.69, 9.17) is 22.1 Å². The highest BCUT2D eigenvalue weighted by Gasteiger charge is 2.27. The lowest BCUT2D eigenvalue weighted by Crippen LogP contribution is -2.48. The van der Waals surface area contributed by atoms with E-state index in [1.807, 2.05) is 6.92 Å². The van der Waals surface area contributed by atoms with Crippen LogP contribution >= 0.6 is 36.4 Å². The number of amides is 1. The number of ether oxygens (including phenoxy) is 1. The topological polar surface area (TPSA) is 77.2 Å². The second-order valence-corrected chi connectivity index (χ2v) is 6.00. The maximum absolute atomic E-state index is 12.1. The molecule has 138 valence electrons. The second kappa shape index (κ2) is 10.5. The van der Waals surface area contributed by atoms with E-state index in [1.54, 1.807) is 43.3 Å². The van der Waals surface area contributed by atoms with Crippen molar-refractivity contribution < 1.29 is 9.53 Å². The van der Waals surface area contributed by atoms with Gasteiger partial charge in [0, 0.05) is 18.0 Å². The minimum atomic E-state index is -0.878. The van der Waals surface area contributed by atoms with Crippen molar-refractivity contribution in [3.8, 4) is 11.6 Å². The lowest BCUT2D eigenvalue weighted by molar-refractivity contribution is -0.120. The largest absolute Gasteiger partial charge is 0.439 e. The molecule has 1 aromatic carbocycles. The fourth-order valence-electron chi connectivity index (χ4n) is 2.06. The summed E-state index contributed by atoms with van der Waals surface area (Å²) in [6.07, 6.45) is 2.99. The van der Waals surface area contributed by atoms with Gasteiger partial charge in [-0.2, -0.15) is 0 Å². The van der Waals surface area contributed by atoms with Crippen LogP contribution in [0.25, 0.3) is 0 Å². The third kappa shape index (κ3) is 7.08. The number of benzene rings is 1. The van der Waals surface area contributed by atoms with Crippen molar-refractivity contribution in [1.82, 2.24) is 4.98 Å². The van der Waals surface area contributed by atoms with Gasteiger partial charge in [0.25, 0.3) is 0 Å². The van der Waals surface area contributed by atoms with E-state index in [0.29, 0.717) is 28.8 Å². The molecule has 0 bridgehead atoms. The number of aromatic nitrogens is 1. The fraction of sp³-hybridized carbons (Fsp3) is 0.294. The molecule has 0 spiro atoms. The standard InChI is InChI=1S/C17H20ClN3O2.2ClH/c1-3-10-17(2,19)16(22)21-13-5-7-14(8-6-13)23-15-9-4-12(18)11-20-15;;/h4-9,11H,3,10,19H2,1-2H3,(H,21,22);2*1H. The molecule has 3 N–H and O–H groups in total. The molecular formula is C17H22Cl3N3O2. The molecule has 0 aliphatic carbocycles. The van der Waals surface area contributed by atoms with Crippen LogP contribution in [0.2, 0.25) is 5.02 Å². The number of hydrogen-bond donors (Lipinski definition) is 2. The lowest BCUT2D eigenvalue weighted by atomic mass is 9.96. The molecule has 0 aliphatic rings. The molecule has 1 amide bonds. The maximum Gasteiger partial charge on any atom is 0.244 e. The molecule has 1 atom stereocenters. The minimum absolute atomic E-state index is 0. The zero-order valence-corrected chi connectivity index (χ0v) is 16.4. The first-order chi connectivity index (χ1) is 10.9. The third-order valence-electron chi connectivity index (χ3n) is 3.32. The molecule has 0 fully saturated rings. The van der Waals surface area contributed by atoms with Crippen molar-refractivity contribution in [3.05, 3.63) is 47.6 Å². The molecule has 8 heteroatoms. The van der Waals surface area contributed by atoms with Crippen LogP contribution in [0.4, 0.5) is 5.69 Å². The highest BCUT2D eigenvalue weighted by atomic mass is 35.5. The summed E-state index contributed by atoms with van der Waals surface area (Å²) in [6.45, 7) is 3.73. The zero-order chi connectivity index (χ0) is 16.9. The number of anilines is 1. The van der Waals surface area contributed by atoms with Crippen LogP contribution < -0.4 is 15.8 Å². The lowest BCUT2D eigenvalue weighted by Gasteiger charge is -2.22. The van der Waals surface area contributed by atoms with Gasteiger partial charge in [-0.25, -0.2) is 4.98 Å². The molecule has 0 saturated carbocycles. The number of halogens is 3. The molecular weight excluding hydrogens is 385 g/mol. The Labute approximate surface area is 165 Å². The first-order valence-corrected chi connectivity index (χ1v) is 7.78. The third-order valence-corrected chi connectivity index (χ3v) is 3.55. The van der Waals surface area contributed by atoms with Gasteiger partial charge in [-0.1, -0.05) is 24.9 Å². The van der Waals surface area contributed by atoms with Gasteiger partial charge in [0.2, 0.25) is 11.8 Å². The molecule has 1 unspecified atom stereocenters. The number of pyridine rings is 1. The molecule has 0 saturated heterocycles. The van der Waals surface area contributed by atoms with E-state index in [-0.39, 0.29) is 30.7 Å². The van der Waals surface area contributed by atoms with Crippen LogP contribution in [-0.4, -0.2) is 16.4 Å². The van der Waals surface area contributed by atoms with E-state index >= 15 is 0 Å². The maximum atomic E-state index is 12.1. The van der Waals surface area contributed by atoms with Crippen LogP contribution in [0.3, 0.4) is 0 Å². The van der Waals surface area contributed by atoms with Crippen LogP contribution in [0.1, 0.15) is 26.7 Å². The van der Waals surface area contributed by atoms with E-state index in [0.717, 1.165) is 6.42 Å². The smallest absolute Gasteiger partial charge is 0.244 e. The van der Waals surface area contributed by atoms with Gasteiger partial charge < -0.3 is 15.8 Å². The number of carbonyl (C=O) groups excluding carboxylic acids is 1. The van der Waals surface area contributed by atoms with Gasteiger partial charge >= 0.3 is 0 Å². The SMILES string of the molecule is CCCC(C)(N)C(=O)Nc1ccc(Oc2ccc(Cl)cn2)cc1.Cl.Cl. The molecule has 25 heavy (non-hydrogen) atoms. The molecule has 1 aromatic heterocycles. The quantitative estimate of drug-likeness (QED) is 0.720. The number of hydrogen-bond acceptors (Lipinski definition) is 4. The summed E-state index contributed by atoms with van der Waals surface area (Å²) < 4.78 is 5.59. The van der Waals surface area contributed by atoms with Crippen LogP contribution in [-0.2, 0) is 4.79 Å². The second-order valence-electron chi connectivity index (χ2n) is 5.56. The number of nitrogens with two attached hydrogens (primary N) is 1. The summed E-state index contributed by atoms with van der Waals surface area (Å²) in [7, 11) is 0. The fourth-order valence-corrected chi connectivity index (χ4v) is 2.17. The van der Waals surface area contributed by atoms with Gasteiger partial charge in [-0.15, -0.1) is 24.8 Å². The first kappa shape index (κ1) is 23.5. The van der Waals surface area contributed by atoms with Crippen molar-refractivity contribution in [3.63, 3.8) is 0 Å². The molecule has 2 aromatic rings. The zero-order valence-electron chi connectivity index (χ0n) is 14.0. The van der Waals surface area contributed by atoms with Crippen LogP contribution in [0.5, 0.6) is 11.6 Å². The van der Waals surface area contributed by atoms with Gasteiger partial charge in [0.15, 0.2) is 0 Å². The summed E-state index contributed by atoms with van der Waals surface area (Å²) in [5.74, 6) is 0.859. The Morgan fingerprint density at radius 3 is 2.40 bits per heavy atom. The first-order valence-electron chi connectivity index (χ1n) is 7.40. The Kier molecular flexibility index (Phi) is 9.82. The van der Waals surface area contributed by atoms with Gasteiger partial charge in [0.1, 0.15) is 5.75 Å². The van der Waals surface area contributed by atoms with Crippen molar-refractivity contribution in [1.29, 1.82) is 0 Å². The van der Waals surface area contributed by atoms with E-state index in [9.17, 15) is 4.79 Å². The Bertz CT molecular complexity index is 662. The molecule has 5 nitrogen and oxygen atoms in total.